The first-order valence-electron chi connectivity index (χ1n) is 3.40. The minimum Gasteiger partial charge on any atom is -0.398 e. The van der Waals surface area contributed by atoms with Gasteiger partial charge in [-0.25, -0.2) is 0 Å². The number of pyridine rings is 1. The Balaban J connectivity index is 3.03. The maximum atomic E-state index is 11.0. The molecule has 0 atom stereocenters. The SMILES string of the molecule is NCCn1cc(N)ccc1=O. The van der Waals surface area contributed by atoms with Crippen LogP contribution >= 0.6 is 0 Å². The molecule has 4 heteroatoms. The van der Waals surface area contributed by atoms with Gasteiger partial charge < -0.3 is 16.0 Å². The standard InChI is InChI=1S/C7H11N3O/c8-3-4-10-5-6(9)1-2-7(10)11/h1-2,5H,3-4,8-9H2. The molecule has 1 aromatic rings. The Hall–Kier alpha value is -1.29. The van der Waals surface area contributed by atoms with Crippen LogP contribution in [-0.2, 0) is 6.54 Å². The van der Waals surface area contributed by atoms with Crippen LogP contribution in [0.15, 0.2) is 23.1 Å². The average molecular weight is 153 g/mol. The molecule has 0 fully saturated rings. The van der Waals surface area contributed by atoms with E-state index in [9.17, 15) is 4.79 Å². The van der Waals surface area contributed by atoms with Gasteiger partial charge in [-0.3, -0.25) is 4.79 Å². The molecule has 4 N–H and O–H groups in total. The fourth-order valence-corrected chi connectivity index (χ4v) is 0.864. The lowest BCUT2D eigenvalue weighted by Gasteiger charge is -2.02. The van der Waals surface area contributed by atoms with Crippen LogP contribution in [0.4, 0.5) is 5.69 Å². The third-order valence-corrected chi connectivity index (χ3v) is 1.38. The number of aromatic nitrogens is 1. The van der Waals surface area contributed by atoms with E-state index in [0.717, 1.165) is 0 Å². The van der Waals surface area contributed by atoms with E-state index in [0.29, 0.717) is 18.8 Å². The van der Waals surface area contributed by atoms with Crippen molar-refractivity contribution in [3.8, 4) is 0 Å². The first-order chi connectivity index (χ1) is 5.24. The largest absolute Gasteiger partial charge is 0.398 e. The zero-order valence-electron chi connectivity index (χ0n) is 6.16. The van der Waals surface area contributed by atoms with Gasteiger partial charge in [-0.2, -0.15) is 0 Å². The summed E-state index contributed by atoms with van der Waals surface area (Å²) < 4.78 is 1.50. The van der Waals surface area contributed by atoms with E-state index in [2.05, 4.69) is 0 Å². The summed E-state index contributed by atoms with van der Waals surface area (Å²) in [6.45, 7) is 0.966. The fraction of sp³-hybridized carbons (Fsp3) is 0.286. The van der Waals surface area contributed by atoms with Crippen molar-refractivity contribution in [2.45, 2.75) is 6.54 Å². The average Bonchev–Trinajstić information content (AvgIpc) is 1.98. The highest BCUT2D eigenvalue weighted by Gasteiger charge is 1.92. The highest BCUT2D eigenvalue weighted by Crippen LogP contribution is 1.94. The van der Waals surface area contributed by atoms with Crippen LogP contribution in [0.1, 0.15) is 0 Å². The van der Waals surface area contributed by atoms with Gasteiger partial charge in [-0.1, -0.05) is 0 Å². The molecule has 0 spiro atoms. The minimum absolute atomic E-state index is 0.0651. The second-order valence-electron chi connectivity index (χ2n) is 2.28. The maximum Gasteiger partial charge on any atom is 0.250 e. The number of rotatable bonds is 2. The van der Waals surface area contributed by atoms with Gasteiger partial charge in [-0.15, -0.1) is 0 Å². The third kappa shape index (κ3) is 1.81. The van der Waals surface area contributed by atoms with E-state index in [-0.39, 0.29) is 5.56 Å². The number of hydrogen-bond acceptors (Lipinski definition) is 3. The predicted octanol–water partition coefficient (Wildman–Crippen LogP) is -0.611. The summed E-state index contributed by atoms with van der Waals surface area (Å²) >= 11 is 0. The van der Waals surface area contributed by atoms with E-state index in [1.807, 2.05) is 0 Å². The molecule has 1 heterocycles. The summed E-state index contributed by atoms with van der Waals surface area (Å²) in [4.78, 5) is 11.0. The summed E-state index contributed by atoms with van der Waals surface area (Å²) in [6.07, 6.45) is 1.59. The third-order valence-electron chi connectivity index (χ3n) is 1.38. The Morgan fingerprint density at radius 1 is 1.45 bits per heavy atom. The molecule has 60 valence electrons. The van der Waals surface area contributed by atoms with Crippen molar-refractivity contribution in [3.05, 3.63) is 28.7 Å². The molecule has 1 rings (SSSR count). The van der Waals surface area contributed by atoms with Gasteiger partial charge in [0.15, 0.2) is 0 Å². The van der Waals surface area contributed by atoms with E-state index in [1.54, 1.807) is 12.3 Å². The zero-order chi connectivity index (χ0) is 8.27. The summed E-state index contributed by atoms with van der Waals surface area (Å²) in [5.41, 5.74) is 11.3. The molecule has 1 aromatic heterocycles. The van der Waals surface area contributed by atoms with Crippen LogP contribution in [-0.4, -0.2) is 11.1 Å². The molecule has 0 saturated carbocycles. The van der Waals surface area contributed by atoms with Crippen LogP contribution in [0.25, 0.3) is 0 Å². The molecule has 0 amide bonds. The molecular weight excluding hydrogens is 142 g/mol. The molecule has 0 unspecified atom stereocenters. The van der Waals surface area contributed by atoms with Crippen molar-refractivity contribution in [2.24, 2.45) is 5.73 Å². The Morgan fingerprint density at radius 3 is 2.82 bits per heavy atom. The lowest BCUT2D eigenvalue weighted by Crippen LogP contribution is -2.22. The summed E-state index contributed by atoms with van der Waals surface area (Å²) in [7, 11) is 0. The van der Waals surface area contributed by atoms with Gasteiger partial charge >= 0.3 is 0 Å². The van der Waals surface area contributed by atoms with Gasteiger partial charge in [-0.05, 0) is 6.07 Å². The van der Waals surface area contributed by atoms with Gasteiger partial charge in [0.2, 0.25) is 0 Å². The van der Waals surface area contributed by atoms with E-state index >= 15 is 0 Å². The van der Waals surface area contributed by atoms with Crippen LogP contribution in [0.2, 0.25) is 0 Å². The molecule has 0 radical (unpaired) electrons. The van der Waals surface area contributed by atoms with Crippen LogP contribution < -0.4 is 17.0 Å². The second kappa shape index (κ2) is 3.21. The van der Waals surface area contributed by atoms with Gasteiger partial charge in [0.25, 0.3) is 5.56 Å². The summed E-state index contributed by atoms with van der Waals surface area (Å²) in [5, 5.41) is 0. The molecule has 0 aliphatic carbocycles. The second-order valence-corrected chi connectivity index (χ2v) is 2.28. The van der Waals surface area contributed by atoms with Crippen LogP contribution in [0.5, 0.6) is 0 Å². The number of nitrogens with two attached hydrogens (primary N) is 2. The lowest BCUT2D eigenvalue weighted by molar-refractivity contribution is 0.682. The van der Waals surface area contributed by atoms with Crippen molar-refractivity contribution in [2.75, 3.05) is 12.3 Å². The minimum atomic E-state index is -0.0651. The Kier molecular flexibility index (Phi) is 2.28. The quantitative estimate of drug-likeness (QED) is 0.595. The van der Waals surface area contributed by atoms with E-state index in [1.165, 1.54) is 10.6 Å². The lowest BCUT2D eigenvalue weighted by atomic mass is 10.4. The van der Waals surface area contributed by atoms with Crippen molar-refractivity contribution in [1.82, 2.24) is 4.57 Å². The van der Waals surface area contributed by atoms with Gasteiger partial charge in [0, 0.05) is 31.0 Å². The first kappa shape index (κ1) is 7.81. The molecule has 0 aromatic carbocycles. The van der Waals surface area contributed by atoms with Crippen molar-refractivity contribution >= 4 is 5.69 Å². The smallest absolute Gasteiger partial charge is 0.250 e. The summed E-state index contributed by atoms with van der Waals surface area (Å²) in [5.74, 6) is 0. The van der Waals surface area contributed by atoms with Gasteiger partial charge in [0.05, 0.1) is 0 Å². The molecule has 11 heavy (non-hydrogen) atoms. The molecule has 4 nitrogen and oxygen atoms in total. The molecule has 0 saturated heterocycles. The van der Waals surface area contributed by atoms with E-state index < -0.39 is 0 Å². The van der Waals surface area contributed by atoms with Crippen molar-refractivity contribution in [3.63, 3.8) is 0 Å². The molecule has 0 aliphatic heterocycles. The van der Waals surface area contributed by atoms with Gasteiger partial charge in [0.1, 0.15) is 0 Å². The highest BCUT2D eigenvalue weighted by molar-refractivity contribution is 5.33. The first-order valence-corrected chi connectivity index (χ1v) is 3.40. The maximum absolute atomic E-state index is 11.0. The number of anilines is 1. The number of nitrogens with zero attached hydrogens (tertiary/aromatic N) is 1. The van der Waals surface area contributed by atoms with E-state index in [4.69, 9.17) is 11.5 Å². The highest BCUT2D eigenvalue weighted by atomic mass is 16.1. The predicted molar refractivity (Wildman–Crippen MR) is 44.2 cm³/mol. The van der Waals surface area contributed by atoms with Crippen LogP contribution in [0.3, 0.4) is 0 Å². The van der Waals surface area contributed by atoms with Crippen LogP contribution in [0, 0.1) is 0 Å². The molecule has 0 bridgehead atoms. The van der Waals surface area contributed by atoms with Crippen molar-refractivity contribution in [1.29, 1.82) is 0 Å². The zero-order valence-corrected chi connectivity index (χ0v) is 6.16. The molecular formula is C7H11N3O. The Bertz CT molecular complexity index is 292. The Morgan fingerprint density at radius 2 is 2.18 bits per heavy atom. The normalized spacial score (nSPS) is 9.91. The topological polar surface area (TPSA) is 74.0 Å². The molecule has 0 aliphatic rings. The monoisotopic (exact) mass is 153 g/mol. The Labute approximate surface area is 64.4 Å². The number of hydrogen-bond donors (Lipinski definition) is 2. The van der Waals surface area contributed by atoms with Crippen molar-refractivity contribution < 1.29 is 0 Å². The number of nitrogen functional groups attached to an aromatic ring is 1. The summed E-state index contributed by atoms with van der Waals surface area (Å²) in [6, 6.07) is 3.01. The fourth-order valence-electron chi connectivity index (χ4n) is 0.864.